The lowest BCUT2D eigenvalue weighted by atomic mass is 10.0. The zero-order valence-electron chi connectivity index (χ0n) is 9.34. The topological polar surface area (TPSA) is 0 Å². The molecule has 0 bridgehead atoms. The van der Waals surface area contributed by atoms with Crippen LogP contribution in [0.25, 0.3) is 0 Å². The predicted octanol–water partition coefficient (Wildman–Crippen LogP) is 6.65. The molecular weight excluding hydrogens is 488 g/mol. The Kier molecular flexibility index (Phi) is 5.48. The summed E-state index contributed by atoms with van der Waals surface area (Å²) in [5, 5.41) is 0. The van der Waals surface area contributed by atoms with E-state index in [-0.39, 0.29) is 0 Å². The Morgan fingerprint density at radius 1 is 0.833 bits per heavy atom. The standard InChI is InChI=1S/C14H10Br4/c15-10-3-1-9(2-4-10)7-14(18)12-8-11(16)5-6-13(12)17/h1-6,8,14H,7H2. The van der Waals surface area contributed by atoms with Gasteiger partial charge < -0.3 is 0 Å². The summed E-state index contributed by atoms with van der Waals surface area (Å²) in [6, 6.07) is 14.7. The summed E-state index contributed by atoms with van der Waals surface area (Å²) in [7, 11) is 0. The predicted molar refractivity (Wildman–Crippen MR) is 91.4 cm³/mol. The average molecular weight is 498 g/mol. The number of benzene rings is 2. The molecule has 2 rings (SSSR count). The van der Waals surface area contributed by atoms with E-state index in [1.165, 1.54) is 11.1 Å². The molecule has 4 heteroatoms. The van der Waals surface area contributed by atoms with E-state index in [9.17, 15) is 0 Å². The lowest BCUT2D eigenvalue weighted by molar-refractivity contribution is 0.942. The van der Waals surface area contributed by atoms with Crippen LogP contribution in [0.4, 0.5) is 0 Å². The fourth-order valence-corrected chi connectivity index (χ4v) is 3.92. The second-order valence-electron chi connectivity index (χ2n) is 3.96. The van der Waals surface area contributed by atoms with Crippen LogP contribution in [0, 0.1) is 0 Å². The maximum atomic E-state index is 3.76. The van der Waals surface area contributed by atoms with Gasteiger partial charge in [-0.15, -0.1) is 0 Å². The van der Waals surface area contributed by atoms with Crippen molar-refractivity contribution in [1.29, 1.82) is 0 Å². The molecule has 0 saturated heterocycles. The van der Waals surface area contributed by atoms with Gasteiger partial charge in [-0.05, 0) is 47.9 Å². The third kappa shape index (κ3) is 3.92. The molecule has 0 spiro atoms. The molecule has 0 amide bonds. The van der Waals surface area contributed by atoms with Crippen molar-refractivity contribution in [3.05, 3.63) is 67.0 Å². The molecule has 18 heavy (non-hydrogen) atoms. The van der Waals surface area contributed by atoms with Crippen molar-refractivity contribution in [3.63, 3.8) is 0 Å². The Hall–Kier alpha value is 0.360. The number of alkyl halides is 1. The van der Waals surface area contributed by atoms with Crippen molar-refractivity contribution >= 4 is 63.7 Å². The lowest BCUT2D eigenvalue weighted by Crippen LogP contribution is -1.96. The molecule has 94 valence electrons. The van der Waals surface area contributed by atoms with Gasteiger partial charge in [-0.25, -0.2) is 0 Å². The van der Waals surface area contributed by atoms with Gasteiger partial charge in [0.1, 0.15) is 0 Å². The summed E-state index contributed by atoms with van der Waals surface area (Å²) in [5.41, 5.74) is 2.57. The Morgan fingerprint density at radius 2 is 1.44 bits per heavy atom. The molecule has 0 aliphatic carbocycles. The summed E-state index contributed by atoms with van der Waals surface area (Å²) in [4.78, 5) is 0.297. The van der Waals surface area contributed by atoms with Crippen LogP contribution >= 0.6 is 63.7 Å². The molecule has 0 radical (unpaired) electrons. The van der Waals surface area contributed by atoms with Crippen LogP contribution in [-0.4, -0.2) is 0 Å². The zero-order valence-corrected chi connectivity index (χ0v) is 15.7. The van der Waals surface area contributed by atoms with E-state index in [1.807, 2.05) is 6.07 Å². The first-order chi connectivity index (χ1) is 8.56. The van der Waals surface area contributed by atoms with Gasteiger partial charge in [-0.2, -0.15) is 0 Å². The minimum atomic E-state index is 0.297. The second-order valence-corrected chi connectivity index (χ2v) is 7.75. The van der Waals surface area contributed by atoms with E-state index in [2.05, 4.69) is 100 Å². The molecule has 0 nitrogen and oxygen atoms in total. The van der Waals surface area contributed by atoms with Crippen LogP contribution in [0.2, 0.25) is 0 Å². The second kappa shape index (κ2) is 6.69. The lowest BCUT2D eigenvalue weighted by Gasteiger charge is -2.13. The number of halogens is 4. The van der Waals surface area contributed by atoms with Crippen molar-refractivity contribution in [2.75, 3.05) is 0 Å². The normalized spacial score (nSPS) is 12.4. The maximum absolute atomic E-state index is 3.76. The van der Waals surface area contributed by atoms with Crippen molar-refractivity contribution in [1.82, 2.24) is 0 Å². The van der Waals surface area contributed by atoms with Gasteiger partial charge in [0, 0.05) is 18.2 Å². The monoisotopic (exact) mass is 494 g/mol. The highest BCUT2D eigenvalue weighted by atomic mass is 79.9. The summed E-state index contributed by atoms with van der Waals surface area (Å²) in [5.74, 6) is 0. The van der Waals surface area contributed by atoms with Gasteiger partial charge in [0.2, 0.25) is 0 Å². The molecule has 1 unspecified atom stereocenters. The highest BCUT2D eigenvalue weighted by Crippen LogP contribution is 2.34. The maximum Gasteiger partial charge on any atom is 0.0447 e. The van der Waals surface area contributed by atoms with Crippen molar-refractivity contribution in [2.45, 2.75) is 11.2 Å². The van der Waals surface area contributed by atoms with Crippen molar-refractivity contribution < 1.29 is 0 Å². The largest absolute Gasteiger partial charge is 0.0835 e. The molecule has 0 aromatic heterocycles. The van der Waals surface area contributed by atoms with Gasteiger partial charge >= 0.3 is 0 Å². The third-order valence-electron chi connectivity index (χ3n) is 2.62. The molecular formula is C14H10Br4. The molecule has 0 aliphatic rings. The van der Waals surface area contributed by atoms with Crippen LogP contribution in [0.1, 0.15) is 16.0 Å². The van der Waals surface area contributed by atoms with Crippen LogP contribution < -0.4 is 0 Å². The Bertz CT molecular complexity index is 534. The first-order valence-electron chi connectivity index (χ1n) is 5.40. The Balaban J connectivity index is 2.18. The van der Waals surface area contributed by atoms with Gasteiger partial charge in [-0.1, -0.05) is 75.9 Å². The van der Waals surface area contributed by atoms with Crippen molar-refractivity contribution in [2.24, 2.45) is 0 Å². The van der Waals surface area contributed by atoms with Crippen LogP contribution in [-0.2, 0) is 6.42 Å². The Morgan fingerprint density at radius 3 is 2.11 bits per heavy atom. The first-order valence-corrected chi connectivity index (χ1v) is 8.69. The fourth-order valence-electron chi connectivity index (χ4n) is 1.69. The molecule has 0 fully saturated rings. The molecule has 2 aromatic rings. The fraction of sp³-hybridized carbons (Fsp3) is 0.143. The van der Waals surface area contributed by atoms with Crippen LogP contribution in [0.5, 0.6) is 0 Å². The summed E-state index contributed by atoms with van der Waals surface area (Å²) in [6.07, 6.45) is 0.961. The SMILES string of the molecule is Brc1ccc(CC(Br)c2cc(Br)ccc2Br)cc1. The van der Waals surface area contributed by atoms with Crippen LogP contribution in [0.15, 0.2) is 55.9 Å². The third-order valence-corrected chi connectivity index (χ3v) is 5.18. The van der Waals surface area contributed by atoms with Crippen molar-refractivity contribution in [3.8, 4) is 0 Å². The molecule has 2 aromatic carbocycles. The van der Waals surface area contributed by atoms with Gasteiger partial charge in [0.15, 0.2) is 0 Å². The molecule has 0 aliphatic heterocycles. The van der Waals surface area contributed by atoms with E-state index in [0.717, 1.165) is 19.8 Å². The molecule has 1 atom stereocenters. The summed E-state index contributed by atoms with van der Waals surface area (Å²) < 4.78 is 3.34. The van der Waals surface area contributed by atoms with E-state index in [1.54, 1.807) is 0 Å². The van der Waals surface area contributed by atoms with E-state index in [0.29, 0.717) is 4.83 Å². The van der Waals surface area contributed by atoms with Gasteiger partial charge in [0.25, 0.3) is 0 Å². The molecule has 0 saturated carbocycles. The molecule has 0 N–H and O–H groups in total. The highest BCUT2D eigenvalue weighted by molar-refractivity contribution is 9.11. The smallest absolute Gasteiger partial charge is 0.0447 e. The number of hydrogen-bond acceptors (Lipinski definition) is 0. The van der Waals surface area contributed by atoms with Crippen LogP contribution in [0.3, 0.4) is 0 Å². The highest BCUT2D eigenvalue weighted by Gasteiger charge is 2.12. The zero-order chi connectivity index (χ0) is 13.1. The summed E-state index contributed by atoms with van der Waals surface area (Å²) >= 11 is 14.3. The summed E-state index contributed by atoms with van der Waals surface area (Å²) in [6.45, 7) is 0. The Labute approximate surface area is 141 Å². The van der Waals surface area contributed by atoms with Gasteiger partial charge in [0.05, 0.1) is 0 Å². The first kappa shape index (κ1) is 14.8. The molecule has 0 heterocycles. The minimum Gasteiger partial charge on any atom is -0.0835 e. The quantitative estimate of drug-likeness (QED) is 0.416. The van der Waals surface area contributed by atoms with Gasteiger partial charge in [-0.3, -0.25) is 0 Å². The average Bonchev–Trinajstić information content (AvgIpc) is 2.35. The number of hydrogen-bond donors (Lipinski definition) is 0. The number of rotatable bonds is 3. The van der Waals surface area contributed by atoms with E-state index < -0.39 is 0 Å². The minimum absolute atomic E-state index is 0.297. The van der Waals surface area contributed by atoms with E-state index >= 15 is 0 Å². The van der Waals surface area contributed by atoms with E-state index in [4.69, 9.17) is 0 Å².